The maximum Gasteiger partial charge on any atom is 0.233 e. The summed E-state index contributed by atoms with van der Waals surface area (Å²) in [4.78, 5) is 25.6. The molecule has 1 saturated heterocycles. The van der Waals surface area contributed by atoms with Crippen molar-refractivity contribution in [3.05, 3.63) is 0 Å². The van der Waals surface area contributed by atoms with Gasteiger partial charge in [0, 0.05) is 6.54 Å². The number of nitrogens with zero attached hydrogens (tertiary/aromatic N) is 2. The molecule has 3 unspecified atom stereocenters. The zero-order valence-electron chi connectivity index (χ0n) is 12.0. The van der Waals surface area contributed by atoms with Crippen molar-refractivity contribution in [1.29, 1.82) is 5.26 Å². The van der Waals surface area contributed by atoms with Crippen LogP contribution in [-0.2, 0) is 9.59 Å². The smallest absolute Gasteiger partial charge is 0.233 e. The van der Waals surface area contributed by atoms with Gasteiger partial charge in [0.1, 0.15) is 5.54 Å². The molecule has 1 saturated carbocycles. The van der Waals surface area contributed by atoms with Gasteiger partial charge in [-0.05, 0) is 32.2 Å². The molecule has 0 aromatic heterocycles. The lowest BCUT2D eigenvalue weighted by Gasteiger charge is -2.24. The predicted molar refractivity (Wildman–Crippen MR) is 69.8 cm³/mol. The minimum atomic E-state index is -0.589. The Labute approximate surface area is 113 Å². The molecule has 5 nitrogen and oxygen atoms in total. The van der Waals surface area contributed by atoms with Crippen molar-refractivity contribution in [3.8, 4) is 6.07 Å². The summed E-state index contributed by atoms with van der Waals surface area (Å²) in [6.07, 6.45) is 1.28. The molecule has 2 rings (SSSR count). The number of nitriles is 1. The fourth-order valence-electron chi connectivity index (χ4n) is 3.05. The van der Waals surface area contributed by atoms with E-state index in [0.29, 0.717) is 19.4 Å². The largest absolute Gasteiger partial charge is 0.303 e. The Balaban J connectivity index is 1.89. The second kappa shape index (κ2) is 4.31. The Morgan fingerprint density at radius 3 is 2.32 bits per heavy atom. The summed E-state index contributed by atoms with van der Waals surface area (Å²) in [5.74, 6) is -0.260. The van der Waals surface area contributed by atoms with Crippen LogP contribution in [0.2, 0.25) is 0 Å². The topological polar surface area (TPSA) is 73.2 Å². The molecule has 0 bridgehead atoms. The van der Waals surface area contributed by atoms with Gasteiger partial charge < -0.3 is 5.32 Å². The Bertz CT molecular complexity index is 442. The van der Waals surface area contributed by atoms with Crippen molar-refractivity contribution in [2.45, 2.75) is 39.2 Å². The quantitative estimate of drug-likeness (QED) is 0.748. The molecular weight excluding hydrogens is 242 g/mol. The number of fused-ring (bicyclic) bond motifs is 1. The zero-order valence-corrected chi connectivity index (χ0v) is 12.0. The highest BCUT2D eigenvalue weighted by Crippen LogP contribution is 2.63. The van der Waals surface area contributed by atoms with Gasteiger partial charge in [0.05, 0.1) is 17.9 Å². The van der Waals surface area contributed by atoms with Crippen molar-refractivity contribution in [3.63, 3.8) is 0 Å². The third kappa shape index (κ3) is 2.04. The zero-order chi connectivity index (χ0) is 14.4. The normalized spacial score (nSPS) is 30.8. The summed E-state index contributed by atoms with van der Waals surface area (Å²) in [5.41, 5.74) is -0.731. The highest BCUT2D eigenvalue weighted by atomic mass is 16.2. The van der Waals surface area contributed by atoms with Crippen LogP contribution in [0, 0.1) is 28.6 Å². The van der Waals surface area contributed by atoms with Gasteiger partial charge >= 0.3 is 0 Å². The fraction of sp³-hybridized carbons (Fsp3) is 0.786. The SMILES string of the molecule is CNC(C)(C#N)CCCN1C(=O)C2C(C1=O)C2(C)C. The monoisotopic (exact) mass is 263 g/mol. The van der Waals surface area contributed by atoms with Crippen LogP contribution in [0.15, 0.2) is 0 Å². The number of hydrogen-bond donors (Lipinski definition) is 1. The van der Waals surface area contributed by atoms with E-state index in [4.69, 9.17) is 5.26 Å². The van der Waals surface area contributed by atoms with Crippen LogP contribution in [0.4, 0.5) is 0 Å². The molecule has 2 amide bonds. The van der Waals surface area contributed by atoms with E-state index < -0.39 is 5.54 Å². The first-order chi connectivity index (χ1) is 8.78. The van der Waals surface area contributed by atoms with Crippen molar-refractivity contribution in [2.75, 3.05) is 13.6 Å². The summed E-state index contributed by atoms with van der Waals surface area (Å²) in [7, 11) is 1.74. The summed E-state index contributed by atoms with van der Waals surface area (Å²) < 4.78 is 0. The van der Waals surface area contributed by atoms with E-state index in [9.17, 15) is 9.59 Å². The second-order valence-corrected chi connectivity index (χ2v) is 6.40. The Morgan fingerprint density at radius 1 is 1.37 bits per heavy atom. The van der Waals surface area contributed by atoms with Gasteiger partial charge in [-0.3, -0.25) is 14.5 Å². The Kier molecular flexibility index (Phi) is 3.18. The van der Waals surface area contributed by atoms with E-state index in [-0.39, 0.29) is 29.1 Å². The van der Waals surface area contributed by atoms with Gasteiger partial charge in [-0.15, -0.1) is 0 Å². The average Bonchev–Trinajstić information content (AvgIpc) is 2.84. The first-order valence-electron chi connectivity index (χ1n) is 6.74. The van der Waals surface area contributed by atoms with E-state index in [1.54, 1.807) is 7.05 Å². The van der Waals surface area contributed by atoms with Crippen LogP contribution in [0.3, 0.4) is 0 Å². The van der Waals surface area contributed by atoms with Crippen LogP contribution in [0.5, 0.6) is 0 Å². The second-order valence-electron chi connectivity index (χ2n) is 6.40. The minimum Gasteiger partial charge on any atom is -0.303 e. The predicted octanol–water partition coefficient (Wildman–Crippen LogP) is 0.909. The van der Waals surface area contributed by atoms with E-state index >= 15 is 0 Å². The van der Waals surface area contributed by atoms with Crippen molar-refractivity contribution in [2.24, 2.45) is 17.3 Å². The molecule has 0 spiro atoms. The van der Waals surface area contributed by atoms with Gasteiger partial charge in [-0.1, -0.05) is 13.8 Å². The molecule has 19 heavy (non-hydrogen) atoms. The van der Waals surface area contributed by atoms with Gasteiger partial charge in [0.2, 0.25) is 11.8 Å². The number of imide groups is 1. The lowest BCUT2D eigenvalue weighted by Crippen LogP contribution is -2.41. The van der Waals surface area contributed by atoms with Crippen LogP contribution >= 0.6 is 0 Å². The van der Waals surface area contributed by atoms with Crippen LogP contribution in [-0.4, -0.2) is 35.8 Å². The first-order valence-corrected chi connectivity index (χ1v) is 6.74. The minimum absolute atomic E-state index is 0.0249. The van der Waals surface area contributed by atoms with Gasteiger partial charge in [0.25, 0.3) is 0 Å². The molecule has 1 heterocycles. The maximum absolute atomic E-state index is 12.1. The highest BCUT2D eigenvalue weighted by Gasteiger charge is 2.72. The van der Waals surface area contributed by atoms with Gasteiger partial charge in [0.15, 0.2) is 0 Å². The lowest BCUT2D eigenvalue weighted by atomic mass is 9.97. The van der Waals surface area contributed by atoms with E-state index in [1.165, 1.54) is 4.90 Å². The van der Waals surface area contributed by atoms with E-state index in [2.05, 4.69) is 11.4 Å². The highest BCUT2D eigenvalue weighted by molar-refractivity contribution is 6.10. The number of carbonyl (C=O) groups is 2. The standard InChI is InChI=1S/C14H21N3O2/c1-13(2)9-10(13)12(19)17(11(9)18)7-5-6-14(3,8-15)16-4/h9-10,16H,5-7H2,1-4H3. The average molecular weight is 263 g/mol. The number of carbonyl (C=O) groups excluding carboxylic acids is 2. The summed E-state index contributed by atoms with van der Waals surface area (Å²) in [6.45, 7) is 6.20. The number of hydrogen-bond acceptors (Lipinski definition) is 4. The summed E-state index contributed by atoms with van der Waals surface area (Å²) in [6, 6.07) is 2.21. The Morgan fingerprint density at radius 2 is 1.89 bits per heavy atom. The molecular formula is C14H21N3O2. The molecule has 2 aliphatic rings. The summed E-state index contributed by atoms with van der Waals surface area (Å²) >= 11 is 0. The van der Waals surface area contributed by atoms with E-state index in [1.807, 2.05) is 20.8 Å². The summed E-state index contributed by atoms with van der Waals surface area (Å²) in [5, 5.41) is 12.0. The van der Waals surface area contributed by atoms with Crippen molar-refractivity contribution in [1.82, 2.24) is 10.2 Å². The number of amides is 2. The molecule has 0 aromatic rings. The molecule has 1 N–H and O–H groups in total. The molecule has 0 aromatic carbocycles. The third-order valence-electron chi connectivity index (χ3n) is 4.75. The first kappa shape index (κ1) is 14.0. The van der Waals surface area contributed by atoms with E-state index in [0.717, 1.165) is 0 Å². The van der Waals surface area contributed by atoms with Gasteiger partial charge in [-0.25, -0.2) is 0 Å². The number of rotatable bonds is 5. The van der Waals surface area contributed by atoms with Crippen LogP contribution < -0.4 is 5.32 Å². The van der Waals surface area contributed by atoms with Gasteiger partial charge in [-0.2, -0.15) is 5.26 Å². The molecule has 1 aliphatic carbocycles. The molecule has 5 heteroatoms. The molecule has 104 valence electrons. The molecule has 0 radical (unpaired) electrons. The molecule has 3 atom stereocenters. The Hall–Kier alpha value is -1.41. The number of likely N-dealkylation sites (tertiary alicyclic amines) is 1. The van der Waals surface area contributed by atoms with Crippen molar-refractivity contribution < 1.29 is 9.59 Å². The number of piperidine rings is 1. The number of nitrogens with one attached hydrogen (secondary N) is 1. The third-order valence-corrected chi connectivity index (χ3v) is 4.75. The van der Waals surface area contributed by atoms with Crippen LogP contribution in [0.25, 0.3) is 0 Å². The van der Waals surface area contributed by atoms with Crippen molar-refractivity contribution >= 4 is 11.8 Å². The van der Waals surface area contributed by atoms with Crippen LogP contribution in [0.1, 0.15) is 33.6 Å². The molecule has 1 aliphatic heterocycles. The lowest BCUT2D eigenvalue weighted by molar-refractivity contribution is -0.143. The maximum atomic E-state index is 12.1. The molecule has 2 fully saturated rings. The fourth-order valence-corrected chi connectivity index (χ4v) is 3.05.